The molecule has 4 N–H and O–H groups in total. The van der Waals surface area contributed by atoms with Gasteiger partial charge >= 0.3 is 5.97 Å². The molecule has 10 nitrogen and oxygen atoms in total. The third-order valence-electron chi connectivity index (χ3n) is 6.27. The van der Waals surface area contributed by atoms with Crippen LogP contribution in [0, 0.1) is 5.92 Å². The quantitative estimate of drug-likeness (QED) is 0.297. The van der Waals surface area contributed by atoms with E-state index in [4.69, 9.17) is 14.6 Å². The van der Waals surface area contributed by atoms with Crippen molar-refractivity contribution in [2.24, 2.45) is 5.92 Å². The Kier molecular flexibility index (Phi) is 8.52. The fourth-order valence-corrected chi connectivity index (χ4v) is 4.33. The topological polar surface area (TPSA) is 135 Å². The number of aliphatic hydroxyl groups is 2. The van der Waals surface area contributed by atoms with Crippen LogP contribution < -0.4 is 10.6 Å². The molecule has 3 heterocycles. The van der Waals surface area contributed by atoms with E-state index in [-0.39, 0.29) is 30.7 Å². The van der Waals surface area contributed by atoms with Crippen molar-refractivity contribution in [2.45, 2.75) is 31.9 Å². The van der Waals surface area contributed by atoms with Gasteiger partial charge in [-0.3, -0.25) is 4.79 Å². The van der Waals surface area contributed by atoms with E-state index in [9.17, 15) is 14.7 Å². The molecule has 192 valence electrons. The Morgan fingerprint density at radius 1 is 1.31 bits per heavy atom. The second-order valence-corrected chi connectivity index (χ2v) is 8.82. The number of hydrogen-bond donors (Lipinski definition) is 4. The van der Waals surface area contributed by atoms with Gasteiger partial charge in [0.15, 0.2) is 5.69 Å². The number of carbonyl (C=O) groups excluding carboxylic acids is 2. The lowest BCUT2D eigenvalue weighted by atomic mass is 10.1. The number of nitrogens with zero attached hydrogens (tertiary/aromatic N) is 2. The van der Waals surface area contributed by atoms with Crippen molar-refractivity contribution in [1.29, 1.82) is 0 Å². The highest BCUT2D eigenvalue weighted by Crippen LogP contribution is 2.34. The van der Waals surface area contributed by atoms with Crippen LogP contribution in [-0.4, -0.2) is 71.2 Å². The molecule has 0 bridgehead atoms. The molecule has 0 spiro atoms. The summed E-state index contributed by atoms with van der Waals surface area (Å²) in [5.74, 6) is -1.10. The molecule has 1 aromatic carbocycles. The SMILES string of the molecule is COC(=O)c1c(NC(=O)[C@H]2CCOC2)c2cc(NC[C@@H](O)CO)cnc2n1CCCc1ccccc1. The maximum Gasteiger partial charge on any atom is 0.356 e. The third kappa shape index (κ3) is 5.84. The predicted octanol–water partition coefficient (Wildman–Crippen LogP) is 2.20. The summed E-state index contributed by atoms with van der Waals surface area (Å²) < 4.78 is 12.3. The smallest absolute Gasteiger partial charge is 0.356 e. The summed E-state index contributed by atoms with van der Waals surface area (Å²) in [4.78, 5) is 30.6. The molecule has 2 aromatic heterocycles. The molecular formula is C26H32N4O6. The van der Waals surface area contributed by atoms with E-state index in [1.54, 1.807) is 16.8 Å². The highest BCUT2D eigenvalue weighted by Gasteiger charge is 2.29. The van der Waals surface area contributed by atoms with E-state index in [1.165, 1.54) is 12.7 Å². The van der Waals surface area contributed by atoms with E-state index in [2.05, 4.69) is 27.8 Å². The largest absolute Gasteiger partial charge is 0.464 e. The molecule has 1 aliphatic rings. The molecule has 36 heavy (non-hydrogen) atoms. The van der Waals surface area contributed by atoms with Crippen LogP contribution in [0.2, 0.25) is 0 Å². The lowest BCUT2D eigenvalue weighted by molar-refractivity contribution is -0.119. The fraction of sp³-hybridized carbons (Fsp3) is 0.423. The zero-order valence-electron chi connectivity index (χ0n) is 20.3. The molecule has 1 amide bonds. The lowest BCUT2D eigenvalue weighted by Crippen LogP contribution is -2.24. The highest BCUT2D eigenvalue weighted by atomic mass is 16.5. The Morgan fingerprint density at radius 2 is 2.11 bits per heavy atom. The van der Waals surface area contributed by atoms with Gasteiger partial charge in [-0.2, -0.15) is 0 Å². The predicted molar refractivity (Wildman–Crippen MR) is 135 cm³/mol. The van der Waals surface area contributed by atoms with Crippen LogP contribution in [0.4, 0.5) is 11.4 Å². The van der Waals surface area contributed by atoms with Crippen LogP contribution in [0.1, 0.15) is 28.9 Å². The Hall–Kier alpha value is -3.47. The Morgan fingerprint density at radius 3 is 2.81 bits per heavy atom. The van der Waals surface area contributed by atoms with E-state index >= 15 is 0 Å². The van der Waals surface area contributed by atoms with E-state index in [1.807, 2.05) is 18.2 Å². The Balaban J connectivity index is 1.71. The van der Waals surface area contributed by atoms with Gasteiger partial charge in [0.1, 0.15) is 5.65 Å². The minimum absolute atomic E-state index is 0.117. The second-order valence-electron chi connectivity index (χ2n) is 8.82. The van der Waals surface area contributed by atoms with Crippen molar-refractivity contribution in [2.75, 3.05) is 44.1 Å². The second kappa shape index (κ2) is 12.0. The van der Waals surface area contributed by atoms with Crippen LogP contribution in [0.3, 0.4) is 0 Å². The first-order valence-corrected chi connectivity index (χ1v) is 12.1. The number of benzene rings is 1. The van der Waals surface area contributed by atoms with E-state index in [0.717, 1.165) is 12.8 Å². The van der Waals surface area contributed by atoms with E-state index in [0.29, 0.717) is 48.6 Å². The number of carbonyl (C=O) groups is 2. The molecule has 2 atom stereocenters. The molecule has 4 rings (SSSR count). The number of ether oxygens (including phenoxy) is 2. The van der Waals surface area contributed by atoms with E-state index < -0.39 is 12.1 Å². The molecule has 0 aliphatic carbocycles. The number of pyridine rings is 1. The standard InChI is InChI=1S/C26H32N4O6/c1-35-26(34)23-22(29-25(33)18-9-11-36-16-18)21-12-19(27-14-20(32)15-31)13-28-24(21)30(23)10-5-8-17-6-3-2-4-7-17/h2-4,6-7,12-13,18,20,27,31-32H,5,8-11,14-16H2,1H3,(H,29,33)/t18-,20+/m0/s1. The molecule has 1 aliphatic heterocycles. The average Bonchev–Trinajstić information content (AvgIpc) is 3.55. The van der Waals surface area contributed by atoms with Crippen LogP contribution in [0.25, 0.3) is 11.0 Å². The molecule has 0 unspecified atom stereocenters. The number of aliphatic hydroxyl groups excluding tert-OH is 2. The molecule has 3 aromatic rings. The first-order chi connectivity index (χ1) is 17.5. The van der Waals surface area contributed by atoms with Gasteiger partial charge in [0, 0.05) is 25.1 Å². The molecule has 0 radical (unpaired) electrons. The van der Waals surface area contributed by atoms with Crippen LogP contribution >= 0.6 is 0 Å². The number of nitrogens with one attached hydrogen (secondary N) is 2. The van der Waals surface area contributed by atoms with Crippen molar-refractivity contribution in [3.05, 3.63) is 53.9 Å². The monoisotopic (exact) mass is 496 g/mol. The number of hydrogen-bond acceptors (Lipinski definition) is 8. The molecule has 10 heteroatoms. The number of esters is 1. The van der Waals surface area contributed by atoms with Gasteiger partial charge in [0.25, 0.3) is 0 Å². The molecule has 0 saturated carbocycles. The maximum atomic E-state index is 13.0. The van der Waals surface area contributed by atoms with Gasteiger partial charge in [-0.25, -0.2) is 9.78 Å². The minimum atomic E-state index is -0.935. The van der Waals surface area contributed by atoms with Gasteiger partial charge in [-0.15, -0.1) is 0 Å². The number of fused-ring (bicyclic) bond motifs is 1. The Labute approximate surface area is 209 Å². The summed E-state index contributed by atoms with van der Waals surface area (Å²) in [5.41, 5.74) is 2.87. The average molecular weight is 497 g/mol. The zero-order valence-corrected chi connectivity index (χ0v) is 20.3. The van der Waals surface area contributed by atoms with Crippen molar-refractivity contribution < 1.29 is 29.3 Å². The van der Waals surface area contributed by atoms with Crippen molar-refractivity contribution in [3.8, 4) is 0 Å². The summed E-state index contributed by atoms with van der Waals surface area (Å²) in [6, 6.07) is 11.8. The Bertz CT molecular complexity index is 1190. The van der Waals surface area contributed by atoms with Crippen LogP contribution in [-0.2, 0) is 27.2 Å². The number of amides is 1. The summed E-state index contributed by atoms with van der Waals surface area (Å²) in [6.45, 7) is 1.08. The van der Waals surface area contributed by atoms with Gasteiger partial charge in [0.05, 0.1) is 49.9 Å². The van der Waals surface area contributed by atoms with Gasteiger partial charge in [-0.1, -0.05) is 30.3 Å². The first kappa shape index (κ1) is 25.6. The number of rotatable bonds is 11. The number of anilines is 2. The zero-order chi connectivity index (χ0) is 25.5. The first-order valence-electron chi connectivity index (χ1n) is 12.1. The molecular weight excluding hydrogens is 464 g/mol. The normalized spacial score (nSPS) is 16.1. The minimum Gasteiger partial charge on any atom is -0.464 e. The van der Waals surface area contributed by atoms with Gasteiger partial charge in [-0.05, 0) is 30.9 Å². The molecule has 1 saturated heterocycles. The highest BCUT2D eigenvalue weighted by molar-refractivity contribution is 6.11. The number of aryl methyl sites for hydroxylation is 2. The number of aromatic nitrogens is 2. The fourth-order valence-electron chi connectivity index (χ4n) is 4.33. The maximum absolute atomic E-state index is 13.0. The lowest BCUT2D eigenvalue weighted by Gasteiger charge is -2.12. The van der Waals surface area contributed by atoms with Crippen LogP contribution in [0.15, 0.2) is 42.6 Å². The summed E-state index contributed by atoms with van der Waals surface area (Å²) >= 11 is 0. The summed E-state index contributed by atoms with van der Waals surface area (Å²) in [5, 5.41) is 25.4. The van der Waals surface area contributed by atoms with Gasteiger partial charge in [0.2, 0.25) is 5.91 Å². The summed E-state index contributed by atoms with van der Waals surface area (Å²) in [6.07, 6.45) is 2.82. The third-order valence-corrected chi connectivity index (χ3v) is 6.27. The molecule has 1 fully saturated rings. The number of methoxy groups -OCH3 is 1. The summed E-state index contributed by atoms with van der Waals surface area (Å²) in [7, 11) is 1.31. The van der Waals surface area contributed by atoms with Crippen molar-refractivity contribution in [1.82, 2.24) is 9.55 Å². The van der Waals surface area contributed by atoms with Crippen molar-refractivity contribution >= 4 is 34.3 Å². The van der Waals surface area contributed by atoms with Gasteiger partial charge < -0.3 is 34.9 Å². The van der Waals surface area contributed by atoms with Crippen molar-refractivity contribution in [3.63, 3.8) is 0 Å². The van der Waals surface area contributed by atoms with Crippen LogP contribution in [0.5, 0.6) is 0 Å².